The molecule has 0 radical (unpaired) electrons. The van der Waals surface area contributed by atoms with Gasteiger partial charge in [-0.2, -0.15) is 0 Å². The van der Waals surface area contributed by atoms with Crippen molar-refractivity contribution in [1.82, 2.24) is 10.0 Å². The normalized spacial score (nSPS) is 12.0. The molecular formula is C14H20N2O3S2. The second-order valence-electron chi connectivity index (χ2n) is 4.94. The summed E-state index contributed by atoms with van der Waals surface area (Å²) in [4.78, 5) is 2.42. The van der Waals surface area contributed by atoms with Crippen LogP contribution in [-0.2, 0) is 23.1 Å². The molecule has 0 spiro atoms. The second-order valence-corrected chi connectivity index (χ2v) is 8.02. The third-order valence-electron chi connectivity index (χ3n) is 3.22. The Kier molecular flexibility index (Phi) is 4.88. The van der Waals surface area contributed by atoms with Gasteiger partial charge in [-0.3, -0.25) is 0 Å². The van der Waals surface area contributed by atoms with E-state index in [1.54, 1.807) is 31.4 Å². The molecule has 0 saturated carbocycles. The van der Waals surface area contributed by atoms with E-state index in [2.05, 4.69) is 10.0 Å². The van der Waals surface area contributed by atoms with Crippen LogP contribution in [0.5, 0.6) is 0 Å². The van der Waals surface area contributed by atoms with Gasteiger partial charge in [0.05, 0.1) is 6.54 Å². The minimum Gasteiger partial charge on any atom is -0.464 e. The van der Waals surface area contributed by atoms with E-state index in [1.165, 1.54) is 10.4 Å². The van der Waals surface area contributed by atoms with Crippen LogP contribution in [0.3, 0.4) is 0 Å². The maximum Gasteiger partial charge on any atom is 0.244 e. The van der Waals surface area contributed by atoms with Crippen LogP contribution in [0, 0.1) is 20.8 Å². The minimum absolute atomic E-state index is 0.206. The topological polar surface area (TPSA) is 71.3 Å². The predicted octanol–water partition coefficient (Wildman–Crippen LogP) is 2.46. The van der Waals surface area contributed by atoms with Crippen LogP contribution < -0.4 is 10.0 Å². The van der Waals surface area contributed by atoms with Crippen molar-refractivity contribution >= 4 is 21.4 Å². The van der Waals surface area contributed by atoms with E-state index in [4.69, 9.17) is 4.42 Å². The smallest absolute Gasteiger partial charge is 0.244 e. The average Bonchev–Trinajstić information content (AvgIpc) is 2.92. The van der Waals surface area contributed by atoms with E-state index < -0.39 is 10.0 Å². The number of aryl methyl sites for hydroxylation is 3. The van der Waals surface area contributed by atoms with Crippen molar-refractivity contribution in [3.63, 3.8) is 0 Å². The number of sulfonamides is 1. The van der Waals surface area contributed by atoms with E-state index >= 15 is 0 Å². The molecule has 0 bridgehead atoms. The summed E-state index contributed by atoms with van der Waals surface area (Å²) in [5.74, 6) is 1.02. The Bertz CT molecular complexity index is 710. The number of nitrogens with one attached hydrogen (secondary N) is 2. The van der Waals surface area contributed by atoms with Crippen LogP contribution in [0.25, 0.3) is 0 Å². The highest BCUT2D eigenvalue weighted by Gasteiger charge is 2.21. The first kappa shape index (κ1) is 16.2. The molecule has 116 valence electrons. The Balaban J connectivity index is 2.14. The molecule has 0 aliphatic rings. The summed E-state index contributed by atoms with van der Waals surface area (Å²) >= 11 is 1.61. The summed E-state index contributed by atoms with van der Waals surface area (Å²) in [7, 11) is -1.77. The summed E-state index contributed by atoms with van der Waals surface area (Å²) in [6.07, 6.45) is 0. The van der Waals surface area contributed by atoms with Crippen LogP contribution >= 0.6 is 11.3 Å². The van der Waals surface area contributed by atoms with Gasteiger partial charge in [0, 0.05) is 22.4 Å². The number of thiophene rings is 1. The molecule has 2 aromatic rings. The average molecular weight is 328 g/mol. The van der Waals surface area contributed by atoms with Crippen molar-refractivity contribution in [3.05, 3.63) is 39.0 Å². The van der Waals surface area contributed by atoms with Gasteiger partial charge in [0.2, 0.25) is 10.0 Å². The fourth-order valence-corrected chi connectivity index (χ4v) is 4.33. The number of rotatable bonds is 6. The molecule has 5 nitrogen and oxygen atoms in total. The van der Waals surface area contributed by atoms with Crippen molar-refractivity contribution in [2.45, 2.75) is 38.8 Å². The molecule has 2 aromatic heterocycles. The van der Waals surface area contributed by atoms with Crippen molar-refractivity contribution in [2.75, 3.05) is 7.05 Å². The van der Waals surface area contributed by atoms with Crippen LogP contribution in [0.4, 0.5) is 0 Å². The maximum absolute atomic E-state index is 12.3. The van der Waals surface area contributed by atoms with Crippen molar-refractivity contribution in [2.24, 2.45) is 0 Å². The number of hydrogen-bond acceptors (Lipinski definition) is 5. The van der Waals surface area contributed by atoms with Gasteiger partial charge in [0.15, 0.2) is 0 Å². The molecule has 0 aliphatic heterocycles. The fraction of sp³-hybridized carbons (Fsp3) is 0.429. The van der Waals surface area contributed by atoms with Gasteiger partial charge in [0.1, 0.15) is 16.4 Å². The van der Waals surface area contributed by atoms with Gasteiger partial charge in [0.25, 0.3) is 0 Å². The summed E-state index contributed by atoms with van der Waals surface area (Å²) in [5, 5.41) is 2.94. The Morgan fingerprint density at radius 2 is 1.90 bits per heavy atom. The molecule has 0 amide bonds. The van der Waals surface area contributed by atoms with Crippen molar-refractivity contribution in [1.29, 1.82) is 0 Å². The van der Waals surface area contributed by atoms with Gasteiger partial charge in [-0.1, -0.05) is 0 Å². The van der Waals surface area contributed by atoms with Crippen LogP contribution in [0.1, 0.15) is 26.8 Å². The lowest BCUT2D eigenvalue weighted by Crippen LogP contribution is -2.23. The molecule has 0 aliphatic carbocycles. The molecule has 2 heterocycles. The minimum atomic E-state index is -3.56. The molecule has 0 aromatic carbocycles. The number of furan rings is 1. The Labute approximate surface area is 129 Å². The van der Waals surface area contributed by atoms with Gasteiger partial charge in [-0.25, -0.2) is 13.1 Å². The molecule has 2 rings (SSSR count). The molecule has 2 N–H and O–H groups in total. The molecule has 0 atom stereocenters. The van der Waals surface area contributed by atoms with Crippen molar-refractivity contribution < 1.29 is 12.8 Å². The van der Waals surface area contributed by atoms with Crippen LogP contribution in [0.15, 0.2) is 21.4 Å². The summed E-state index contributed by atoms with van der Waals surface area (Å²) in [5.41, 5.74) is 1.19. The molecule has 0 saturated heterocycles. The maximum atomic E-state index is 12.3. The molecule has 0 fully saturated rings. The highest BCUT2D eigenvalue weighted by molar-refractivity contribution is 7.89. The largest absolute Gasteiger partial charge is 0.464 e. The highest BCUT2D eigenvalue weighted by atomic mass is 32.2. The fourth-order valence-electron chi connectivity index (χ4n) is 2.03. The standard InChI is InChI=1S/C14H20N2O3S2/c1-9-5-13(20-11(9)3)8-16-21(17,18)14-6-12(7-15-4)19-10(14)2/h5-6,15-16H,7-8H2,1-4H3. The molecule has 21 heavy (non-hydrogen) atoms. The molecular weight excluding hydrogens is 308 g/mol. The first-order valence-corrected chi connectivity index (χ1v) is 8.93. The van der Waals surface area contributed by atoms with E-state index in [9.17, 15) is 8.42 Å². The summed E-state index contributed by atoms with van der Waals surface area (Å²) < 4.78 is 32.8. The monoisotopic (exact) mass is 328 g/mol. The lowest BCUT2D eigenvalue weighted by molar-refractivity contribution is 0.465. The van der Waals surface area contributed by atoms with Gasteiger partial charge >= 0.3 is 0 Å². The van der Waals surface area contributed by atoms with Crippen molar-refractivity contribution in [3.8, 4) is 0 Å². The first-order valence-electron chi connectivity index (χ1n) is 6.63. The van der Waals surface area contributed by atoms with Gasteiger partial charge in [-0.05, 0) is 39.4 Å². The Morgan fingerprint density at radius 1 is 1.19 bits per heavy atom. The van der Waals surface area contributed by atoms with Crippen LogP contribution in [0.2, 0.25) is 0 Å². The zero-order valence-corrected chi connectivity index (χ0v) is 14.2. The van der Waals surface area contributed by atoms with Crippen LogP contribution in [-0.4, -0.2) is 15.5 Å². The van der Waals surface area contributed by atoms with E-state index in [1.807, 2.05) is 19.9 Å². The van der Waals surface area contributed by atoms with E-state index in [-0.39, 0.29) is 4.90 Å². The van der Waals surface area contributed by atoms with E-state index in [0.717, 1.165) is 4.88 Å². The van der Waals surface area contributed by atoms with Gasteiger partial charge < -0.3 is 9.73 Å². The zero-order chi connectivity index (χ0) is 15.6. The lowest BCUT2D eigenvalue weighted by atomic mass is 10.3. The third-order valence-corrected chi connectivity index (χ3v) is 5.88. The second kappa shape index (κ2) is 6.31. The summed E-state index contributed by atoms with van der Waals surface area (Å²) in [6, 6.07) is 3.58. The van der Waals surface area contributed by atoms with E-state index in [0.29, 0.717) is 24.6 Å². The zero-order valence-electron chi connectivity index (χ0n) is 12.6. The Hall–Kier alpha value is -1.15. The quantitative estimate of drug-likeness (QED) is 0.854. The number of hydrogen-bond donors (Lipinski definition) is 2. The lowest BCUT2D eigenvalue weighted by Gasteiger charge is -2.03. The predicted molar refractivity (Wildman–Crippen MR) is 84.0 cm³/mol. The first-order chi connectivity index (χ1) is 9.83. The van der Waals surface area contributed by atoms with Gasteiger partial charge in [-0.15, -0.1) is 11.3 Å². The Morgan fingerprint density at radius 3 is 2.48 bits per heavy atom. The summed E-state index contributed by atoms with van der Waals surface area (Å²) in [6.45, 7) is 6.51. The molecule has 7 heteroatoms. The molecule has 0 unspecified atom stereocenters. The SMILES string of the molecule is CNCc1cc(S(=O)(=O)NCc2cc(C)c(C)s2)c(C)o1. The highest BCUT2D eigenvalue weighted by Crippen LogP contribution is 2.23. The third kappa shape index (κ3) is 3.74.